The molecule has 3 N–H and O–H groups in total. The Hall–Kier alpha value is -1.59. The van der Waals surface area contributed by atoms with Crippen molar-refractivity contribution < 1.29 is 4.74 Å². The molecule has 0 aromatic carbocycles. The van der Waals surface area contributed by atoms with Crippen LogP contribution in [0.3, 0.4) is 0 Å². The molecule has 0 radical (unpaired) electrons. The number of hydrogen-bond donors (Lipinski definition) is 2. The summed E-state index contributed by atoms with van der Waals surface area (Å²) in [5, 5.41) is 3.28. The highest BCUT2D eigenvalue weighted by molar-refractivity contribution is 5.33. The quantitative estimate of drug-likeness (QED) is 0.752. The molecule has 1 heterocycles. The average Bonchev–Trinajstić information content (AvgIpc) is 2.37. The summed E-state index contributed by atoms with van der Waals surface area (Å²) < 4.78 is 5.39. The molecule has 0 saturated carbocycles. The summed E-state index contributed by atoms with van der Waals surface area (Å²) >= 11 is 0. The van der Waals surface area contributed by atoms with Gasteiger partial charge in [-0.25, -0.2) is 0 Å². The summed E-state index contributed by atoms with van der Waals surface area (Å²) in [6.45, 7) is 9.10. The van der Waals surface area contributed by atoms with Gasteiger partial charge in [0, 0.05) is 6.04 Å². The molecule has 108 valence electrons. The van der Waals surface area contributed by atoms with Crippen LogP contribution in [0.5, 0.6) is 6.01 Å². The van der Waals surface area contributed by atoms with Crippen LogP contribution in [0.1, 0.15) is 47.0 Å². The first kappa shape index (κ1) is 15.5. The minimum atomic E-state index is 0.181. The van der Waals surface area contributed by atoms with Gasteiger partial charge < -0.3 is 15.8 Å². The Morgan fingerprint density at radius 3 is 2.42 bits per heavy atom. The van der Waals surface area contributed by atoms with Crippen molar-refractivity contribution in [3.8, 4) is 6.01 Å². The average molecular weight is 267 g/mol. The predicted molar refractivity (Wildman–Crippen MR) is 77.2 cm³/mol. The Morgan fingerprint density at radius 1 is 1.16 bits per heavy atom. The van der Waals surface area contributed by atoms with E-state index in [4.69, 9.17) is 10.5 Å². The first-order valence-electron chi connectivity index (χ1n) is 7.01. The molecule has 0 spiro atoms. The molecule has 6 heteroatoms. The number of anilines is 2. The zero-order valence-electron chi connectivity index (χ0n) is 12.3. The molecule has 0 saturated heterocycles. The van der Waals surface area contributed by atoms with E-state index in [1.165, 1.54) is 0 Å². The molecule has 0 aliphatic heterocycles. The number of nitrogens with two attached hydrogens (primary N) is 1. The molecule has 1 aromatic heterocycles. The van der Waals surface area contributed by atoms with E-state index in [0.29, 0.717) is 18.5 Å². The normalized spacial score (nSPS) is 12.5. The van der Waals surface area contributed by atoms with Gasteiger partial charge in [-0.05, 0) is 19.3 Å². The summed E-state index contributed by atoms with van der Waals surface area (Å²) in [6.07, 6.45) is 3.13. The molecule has 1 atom stereocenters. The van der Waals surface area contributed by atoms with Gasteiger partial charge in [0.2, 0.25) is 11.9 Å². The summed E-state index contributed by atoms with van der Waals surface area (Å²) in [4.78, 5) is 12.3. The van der Waals surface area contributed by atoms with E-state index in [9.17, 15) is 0 Å². The molecule has 1 aromatic rings. The third-order valence-electron chi connectivity index (χ3n) is 3.18. The van der Waals surface area contributed by atoms with Crippen LogP contribution in [-0.2, 0) is 0 Å². The maximum absolute atomic E-state index is 5.67. The maximum atomic E-state index is 5.67. The van der Waals surface area contributed by atoms with Crippen LogP contribution in [0.15, 0.2) is 0 Å². The third kappa shape index (κ3) is 4.89. The topological polar surface area (TPSA) is 86.0 Å². The molecular weight excluding hydrogens is 242 g/mol. The molecule has 19 heavy (non-hydrogen) atoms. The van der Waals surface area contributed by atoms with Gasteiger partial charge in [-0.15, -0.1) is 0 Å². The molecule has 0 aliphatic carbocycles. The lowest BCUT2D eigenvalue weighted by Crippen LogP contribution is -2.26. The van der Waals surface area contributed by atoms with Crippen molar-refractivity contribution in [3.05, 3.63) is 0 Å². The van der Waals surface area contributed by atoms with Gasteiger partial charge in [-0.1, -0.05) is 33.6 Å². The Kier molecular flexibility index (Phi) is 6.32. The van der Waals surface area contributed by atoms with Crippen molar-refractivity contribution in [1.29, 1.82) is 0 Å². The fourth-order valence-corrected chi connectivity index (χ4v) is 2.01. The Labute approximate surface area is 115 Å². The van der Waals surface area contributed by atoms with Crippen LogP contribution in [0.4, 0.5) is 11.9 Å². The molecule has 0 aliphatic rings. The van der Waals surface area contributed by atoms with E-state index in [-0.39, 0.29) is 18.0 Å². The van der Waals surface area contributed by atoms with Crippen LogP contribution < -0.4 is 15.8 Å². The molecule has 1 unspecified atom stereocenters. The molecule has 1 rings (SSSR count). The zero-order chi connectivity index (χ0) is 14.3. The van der Waals surface area contributed by atoms with E-state index in [0.717, 1.165) is 19.3 Å². The lowest BCUT2D eigenvalue weighted by molar-refractivity contribution is 0.292. The van der Waals surface area contributed by atoms with Crippen LogP contribution >= 0.6 is 0 Å². The molecule has 0 bridgehead atoms. The summed E-state index contributed by atoms with van der Waals surface area (Å²) in [5.74, 6) is 1.25. The van der Waals surface area contributed by atoms with Crippen LogP contribution in [-0.4, -0.2) is 27.6 Å². The van der Waals surface area contributed by atoms with Crippen molar-refractivity contribution in [2.45, 2.75) is 53.0 Å². The predicted octanol–water partition coefficient (Wildman–Crippen LogP) is 2.48. The molecular formula is C13H25N5O. The highest BCUT2D eigenvalue weighted by Gasteiger charge is 2.15. The van der Waals surface area contributed by atoms with Crippen molar-refractivity contribution in [1.82, 2.24) is 15.0 Å². The van der Waals surface area contributed by atoms with Crippen LogP contribution in [0.2, 0.25) is 0 Å². The Morgan fingerprint density at radius 2 is 1.84 bits per heavy atom. The zero-order valence-corrected chi connectivity index (χ0v) is 12.3. The fourth-order valence-electron chi connectivity index (χ4n) is 2.01. The summed E-state index contributed by atoms with van der Waals surface area (Å²) in [7, 11) is 0. The number of rotatable bonds is 8. The van der Waals surface area contributed by atoms with E-state index in [1.54, 1.807) is 0 Å². The van der Waals surface area contributed by atoms with E-state index in [2.05, 4.69) is 41.0 Å². The van der Waals surface area contributed by atoms with Gasteiger partial charge in [0.25, 0.3) is 0 Å². The lowest BCUT2D eigenvalue weighted by Gasteiger charge is -2.22. The Balaban J connectivity index is 2.74. The minimum Gasteiger partial charge on any atom is -0.463 e. The second-order valence-corrected chi connectivity index (χ2v) is 4.66. The van der Waals surface area contributed by atoms with E-state index >= 15 is 0 Å². The summed E-state index contributed by atoms with van der Waals surface area (Å²) in [5.41, 5.74) is 5.67. The fraction of sp³-hybridized carbons (Fsp3) is 0.769. The number of ether oxygens (including phenoxy) is 1. The Bertz CT molecular complexity index is 381. The largest absolute Gasteiger partial charge is 0.463 e. The minimum absolute atomic E-state index is 0.181. The number of nitrogen functional groups attached to an aromatic ring is 1. The second-order valence-electron chi connectivity index (χ2n) is 4.66. The first-order valence-corrected chi connectivity index (χ1v) is 7.01. The third-order valence-corrected chi connectivity index (χ3v) is 3.18. The molecule has 0 fully saturated rings. The molecule has 0 amide bonds. The van der Waals surface area contributed by atoms with Crippen molar-refractivity contribution in [2.75, 3.05) is 17.7 Å². The van der Waals surface area contributed by atoms with Gasteiger partial charge in [0.1, 0.15) is 0 Å². The standard InChI is InChI=1S/C13H25N5O/c1-5-8-19-13-17-11(14)16-12(18-13)15-9(4)10(6-2)7-3/h9-10H,5-8H2,1-4H3,(H3,14,15,16,17,18). The number of aromatic nitrogens is 3. The van der Waals surface area contributed by atoms with Crippen molar-refractivity contribution >= 4 is 11.9 Å². The number of hydrogen-bond acceptors (Lipinski definition) is 6. The van der Waals surface area contributed by atoms with Crippen molar-refractivity contribution in [2.24, 2.45) is 5.92 Å². The highest BCUT2D eigenvalue weighted by atomic mass is 16.5. The van der Waals surface area contributed by atoms with Gasteiger partial charge in [0.05, 0.1) is 6.61 Å². The van der Waals surface area contributed by atoms with E-state index < -0.39 is 0 Å². The highest BCUT2D eigenvalue weighted by Crippen LogP contribution is 2.17. The lowest BCUT2D eigenvalue weighted by atomic mass is 9.96. The smallest absolute Gasteiger partial charge is 0.323 e. The number of nitrogens with one attached hydrogen (secondary N) is 1. The monoisotopic (exact) mass is 267 g/mol. The van der Waals surface area contributed by atoms with Gasteiger partial charge in [-0.3, -0.25) is 0 Å². The van der Waals surface area contributed by atoms with Crippen LogP contribution in [0, 0.1) is 5.92 Å². The van der Waals surface area contributed by atoms with Crippen molar-refractivity contribution in [3.63, 3.8) is 0 Å². The maximum Gasteiger partial charge on any atom is 0.323 e. The van der Waals surface area contributed by atoms with Gasteiger partial charge in [0.15, 0.2) is 0 Å². The molecule has 6 nitrogen and oxygen atoms in total. The second kappa shape index (κ2) is 7.76. The van der Waals surface area contributed by atoms with E-state index in [1.807, 2.05) is 6.92 Å². The number of nitrogens with zero attached hydrogens (tertiary/aromatic N) is 3. The first-order chi connectivity index (χ1) is 9.10. The summed E-state index contributed by atoms with van der Waals surface area (Å²) in [6, 6.07) is 0.574. The van der Waals surface area contributed by atoms with Gasteiger partial charge >= 0.3 is 6.01 Å². The van der Waals surface area contributed by atoms with Gasteiger partial charge in [-0.2, -0.15) is 15.0 Å². The van der Waals surface area contributed by atoms with Crippen LogP contribution in [0.25, 0.3) is 0 Å². The SMILES string of the molecule is CCCOc1nc(N)nc(NC(C)C(CC)CC)n1.